The molecule has 0 aliphatic heterocycles. The minimum absolute atomic E-state index is 0.0936. The Labute approximate surface area is 274 Å². The van der Waals surface area contributed by atoms with Gasteiger partial charge in [-0.2, -0.15) is 0 Å². The van der Waals surface area contributed by atoms with Gasteiger partial charge in [-0.05, 0) is 126 Å². The maximum Gasteiger partial charge on any atom is 0.0181 e. The molecule has 6 aromatic carbocycles. The Balaban J connectivity index is 0.000000125. The maximum atomic E-state index is 3.62. The molecule has 0 amide bonds. The van der Waals surface area contributed by atoms with E-state index in [-0.39, 0.29) is 10.8 Å². The van der Waals surface area contributed by atoms with Crippen LogP contribution in [-0.2, 0) is 23.7 Å². The number of hydrogen-bond acceptors (Lipinski definition) is 0. The minimum atomic E-state index is 0.0936. The first kappa shape index (κ1) is 27.1. The molecule has 0 spiro atoms. The monoisotopic (exact) mass is 642 g/mol. The molecule has 1 heteroatoms. The number of hydrogen-bond donors (Lipinski definition) is 0. The second kappa shape index (κ2) is 9.41. The van der Waals surface area contributed by atoms with Crippen LogP contribution >= 0.6 is 15.9 Å². The van der Waals surface area contributed by atoms with Crippen LogP contribution in [0.4, 0.5) is 0 Å². The summed E-state index contributed by atoms with van der Waals surface area (Å²) in [6.45, 7) is 9.41. The van der Waals surface area contributed by atoms with Crippen LogP contribution in [0.1, 0.15) is 72.2 Å². The predicted octanol–water partition coefficient (Wildman–Crippen LogP) is 11.9. The van der Waals surface area contributed by atoms with Gasteiger partial charge in [0.25, 0.3) is 0 Å². The highest BCUT2D eigenvalue weighted by Crippen LogP contribution is 2.53. The number of rotatable bonds is 0. The summed E-state index contributed by atoms with van der Waals surface area (Å²) in [7, 11) is 0. The first-order chi connectivity index (χ1) is 21.7. The zero-order chi connectivity index (χ0) is 30.7. The molecule has 6 aromatic rings. The topological polar surface area (TPSA) is 0 Å². The highest BCUT2D eigenvalue weighted by atomic mass is 79.9. The van der Waals surface area contributed by atoms with Crippen molar-refractivity contribution in [3.63, 3.8) is 0 Å². The van der Waals surface area contributed by atoms with Gasteiger partial charge in [-0.1, -0.05) is 135 Å². The average molecular weight is 644 g/mol. The molecule has 0 nitrogen and oxygen atoms in total. The van der Waals surface area contributed by atoms with E-state index < -0.39 is 0 Å². The van der Waals surface area contributed by atoms with Crippen LogP contribution in [0, 0.1) is 0 Å². The molecule has 0 radical (unpaired) electrons. The molecule has 4 aliphatic carbocycles. The molecular formula is C44H35Br. The van der Waals surface area contributed by atoms with E-state index in [1.54, 1.807) is 0 Å². The summed E-state index contributed by atoms with van der Waals surface area (Å²) in [5.74, 6) is 0. The molecule has 0 saturated heterocycles. The molecule has 0 N–H and O–H groups in total. The summed E-state index contributed by atoms with van der Waals surface area (Å²) in [4.78, 5) is 0. The largest absolute Gasteiger partial charge is 0.0619 e. The lowest BCUT2D eigenvalue weighted by molar-refractivity contribution is 0.659. The number of benzene rings is 6. The minimum Gasteiger partial charge on any atom is -0.0619 e. The Morgan fingerprint density at radius 3 is 1.40 bits per heavy atom. The van der Waals surface area contributed by atoms with Gasteiger partial charge < -0.3 is 0 Å². The van der Waals surface area contributed by atoms with Crippen molar-refractivity contribution in [3.8, 4) is 44.5 Å². The van der Waals surface area contributed by atoms with Crippen molar-refractivity contribution in [2.75, 3.05) is 0 Å². The molecule has 0 heterocycles. The smallest absolute Gasteiger partial charge is 0.0181 e. The van der Waals surface area contributed by atoms with Crippen molar-refractivity contribution in [2.45, 2.75) is 51.4 Å². The van der Waals surface area contributed by atoms with E-state index in [1.807, 2.05) is 0 Å². The summed E-state index contributed by atoms with van der Waals surface area (Å²) in [6, 6.07) is 43.0. The van der Waals surface area contributed by atoms with E-state index in [0.29, 0.717) is 0 Å². The van der Waals surface area contributed by atoms with Crippen molar-refractivity contribution in [1.29, 1.82) is 0 Å². The predicted molar refractivity (Wildman–Crippen MR) is 192 cm³/mol. The van der Waals surface area contributed by atoms with Gasteiger partial charge in [0, 0.05) is 15.3 Å². The van der Waals surface area contributed by atoms with Gasteiger partial charge in [-0.25, -0.2) is 0 Å². The quantitative estimate of drug-likeness (QED) is 0.154. The van der Waals surface area contributed by atoms with Gasteiger partial charge in [0.05, 0.1) is 0 Å². The highest BCUT2D eigenvalue weighted by molar-refractivity contribution is 9.10. The average Bonchev–Trinajstić information content (AvgIpc) is 3.72. The molecule has 0 bridgehead atoms. The summed E-state index contributed by atoms with van der Waals surface area (Å²) in [6.07, 6.45) is 2.13. The fourth-order valence-corrected chi connectivity index (χ4v) is 9.04. The van der Waals surface area contributed by atoms with Crippen LogP contribution < -0.4 is 0 Å². The first-order valence-electron chi connectivity index (χ1n) is 16.1. The first-order valence-corrected chi connectivity index (χ1v) is 16.9. The highest BCUT2D eigenvalue weighted by Gasteiger charge is 2.38. The summed E-state index contributed by atoms with van der Waals surface area (Å²) in [5, 5.41) is 0. The van der Waals surface area contributed by atoms with E-state index in [9.17, 15) is 0 Å². The third-order valence-electron chi connectivity index (χ3n) is 11.0. The van der Waals surface area contributed by atoms with Gasteiger partial charge >= 0.3 is 0 Å². The van der Waals surface area contributed by atoms with Crippen molar-refractivity contribution in [3.05, 3.63) is 164 Å². The number of fused-ring (bicyclic) bond motifs is 12. The van der Waals surface area contributed by atoms with E-state index >= 15 is 0 Å². The molecule has 4 aliphatic rings. The van der Waals surface area contributed by atoms with Crippen LogP contribution in [0.25, 0.3) is 44.5 Å². The van der Waals surface area contributed by atoms with E-state index in [1.165, 1.54) is 89.0 Å². The standard InChI is InChI=1S/C22H17Br.C22H18/c1-22(2)20-6-4-3-5-16(20)19-12-18-14(10-21(19)22)9-13-7-8-15(23)11-17(13)18;1-22(2)20-10-6-5-9-17(20)19-13-18-15(12-21(19)22)11-14-7-3-4-8-16(14)18/h3-8,10-12H,9H2,1-2H3;3-10,12-13H,11H2,1-2H3. The molecule has 0 unspecified atom stereocenters. The van der Waals surface area contributed by atoms with Crippen molar-refractivity contribution >= 4 is 15.9 Å². The van der Waals surface area contributed by atoms with E-state index in [2.05, 4.69) is 159 Å². The molecule has 0 fully saturated rings. The molecular weight excluding hydrogens is 608 g/mol. The zero-order valence-corrected chi connectivity index (χ0v) is 27.8. The lowest BCUT2D eigenvalue weighted by atomic mass is 9.81. The van der Waals surface area contributed by atoms with Gasteiger partial charge in [0.1, 0.15) is 0 Å². The van der Waals surface area contributed by atoms with Gasteiger partial charge in [0.15, 0.2) is 0 Å². The fourth-order valence-electron chi connectivity index (χ4n) is 8.68. The lowest BCUT2D eigenvalue weighted by Gasteiger charge is -2.22. The summed E-state index contributed by atoms with van der Waals surface area (Å²) >= 11 is 3.62. The van der Waals surface area contributed by atoms with Crippen molar-refractivity contribution < 1.29 is 0 Å². The van der Waals surface area contributed by atoms with E-state index in [4.69, 9.17) is 0 Å². The van der Waals surface area contributed by atoms with Crippen LogP contribution in [0.2, 0.25) is 0 Å². The van der Waals surface area contributed by atoms with Crippen LogP contribution in [0.15, 0.2) is 120 Å². The Morgan fingerprint density at radius 2 is 0.822 bits per heavy atom. The molecule has 45 heavy (non-hydrogen) atoms. The number of halogens is 1. The molecule has 0 saturated carbocycles. The lowest BCUT2D eigenvalue weighted by Crippen LogP contribution is -2.15. The normalized spacial score (nSPS) is 15.8. The van der Waals surface area contributed by atoms with Gasteiger partial charge in [-0.3, -0.25) is 0 Å². The second-order valence-corrected chi connectivity index (χ2v) is 15.2. The SMILES string of the molecule is CC1(C)c2ccccc2-c2cc3c(cc21)Cc1ccc(Br)cc1-3.CC1(C)c2ccccc2-c2cc3c(cc21)Cc1ccccc1-3. The zero-order valence-electron chi connectivity index (χ0n) is 26.3. The van der Waals surface area contributed by atoms with Crippen molar-refractivity contribution in [1.82, 2.24) is 0 Å². The molecule has 10 rings (SSSR count). The van der Waals surface area contributed by atoms with Gasteiger partial charge in [0.2, 0.25) is 0 Å². The summed E-state index contributed by atoms with van der Waals surface area (Å²) < 4.78 is 1.16. The second-order valence-electron chi connectivity index (χ2n) is 14.3. The third kappa shape index (κ3) is 3.83. The molecule has 218 valence electrons. The Kier molecular flexibility index (Phi) is 5.67. The van der Waals surface area contributed by atoms with E-state index in [0.717, 1.165) is 17.3 Å². The molecule has 0 atom stereocenters. The summed E-state index contributed by atoms with van der Waals surface area (Å²) in [5.41, 5.74) is 23.2. The Morgan fingerprint density at radius 1 is 0.378 bits per heavy atom. The van der Waals surface area contributed by atoms with Crippen LogP contribution in [0.5, 0.6) is 0 Å². The fraction of sp³-hybridized carbons (Fsp3) is 0.182. The molecule has 0 aromatic heterocycles. The van der Waals surface area contributed by atoms with Crippen LogP contribution in [-0.4, -0.2) is 0 Å². The third-order valence-corrected chi connectivity index (χ3v) is 11.5. The Bertz CT molecular complexity index is 2230. The maximum absolute atomic E-state index is 3.62. The van der Waals surface area contributed by atoms with Crippen LogP contribution in [0.3, 0.4) is 0 Å². The van der Waals surface area contributed by atoms with Gasteiger partial charge in [-0.15, -0.1) is 0 Å². The Hall–Kier alpha value is -4.20. The van der Waals surface area contributed by atoms with Crippen molar-refractivity contribution in [2.24, 2.45) is 0 Å².